The van der Waals surface area contributed by atoms with Crippen LogP contribution in [-0.2, 0) is 9.59 Å². The lowest BCUT2D eigenvalue weighted by atomic mass is 10.0. The number of thiophene rings is 1. The Kier molecular flexibility index (Phi) is 5.26. The summed E-state index contributed by atoms with van der Waals surface area (Å²) in [6.07, 6.45) is 0.180. The van der Waals surface area contributed by atoms with Crippen LogP contribution in [0.2, 0.25) is 0 Å². The van der Waals surface area contributed by atoms with E-state index >= 15 is 0 Å². The molecule has 0 radical (unpaired) electrons. The summed E-state index contributed by atoms with van der Waals surface area (Å²) in [5.41, 5.74) is 0.822. The highest BCUT2D eigenvalue weighted by Crippen LogP contribution is 2.36. The zero-order valence-corrected chi connectivity index (χ0v) is 15.2. The molecule has 1 aliphatic heterocycles. The number of amides is 2. The minimum absolute atomic E-state index is 0.0126. The van der Waals surface area contributed by atoms with Crippen LogP contribution in [0.4, 0.5) is 5.69 Å². The molecule has 1 aliphatic rings. The molecule has 6 heteroatoms. The summed E-state index contributed by atoms with van der Waals surface area (Å²) in [5, 5.41) is 7.59. The minimum Gasteiger partial charge on any atom is -0.348 e. The Morgan fingerprint density at radius 3 is 2.75 bits per heavy atom. The molecule has 126 valence electrons. The molecule has 24 heavy (non-hydrogen) atoms. The van der Waals surface area contributed by atoms with Gasteiger partial charge >= 0.3 is 0 Å². The van der Waals surface area contributed by atoms with Crippen LogP contribution in [0.25, 0.3) is 0 Å². The van der Waals surface area contributed by atoms with Crippen LogP contribution in [0.3, 0.4) is 0 Å². The summed E-state index contributed by atoms with van der Waals surface area (Å²) in [5.74, 6) is 0.0985. The Morgan fingerprint density at radius 2 is 2.04 bits per heavy atom. The Labute approximate surface area is 150 Å². The van der Waals surface area contributed by atoms with Crippen LogP contribution >= 0.6 is 23.1 Å². The van der Waals surface area contributed by atoms with Gasteiger partial charge in [0.15, 0.2) is 0 Å². The molecule has 0 saturated heterocycles. The maximum absolute atomic E-state index is 12.5. The number of hydrogen-bond donors (Lipinski definition) is 2. The van der Waals surface area contributed by atoms with Gasteiger partial charge < -0.3 is 10.6 Å². The molecule has 3 rings (SSSR count). The third-order valence-electron chi connectivity index (χ3n) is 3.91. The molecular formula is C18H20N2O2S2. The molecule has 2 atom stereocenters. The van der Waals surface area contributed by atoms with Crippen molar-refractivity contribution in [2.45, 2.75) is 36.5 Å². The van der Waals surface area contributed by atoms with Crippen molar-refractivity contribution < 1.29 is 9.59 Å². The van der Waals surface area contributed by atoms with Crippen LogP contribution in [0.5, 0.6) is 0 Å². The minimum atomic E-state index is -0.393. The van der Waals surface area contributed by atoms with Crippen LogP contribution in [0.15, 0.2) is 46.7 Å². The predicted molar refractivity (Wildman–Crippen MR) is 99.4 cm³/mol. The first-order valence-electron chi connectivity index (χ1n) is 7.94. The molecule has 2 heterocycles. The number of rotatable bonds is 5. The van der Waals surface area contributed by atoms with Gasteiger partial charge in [0.2, 0.25) is 11.8 Å². The van der Waals surface area contributed by atoms with Crippen molar-refractivity contribution in [3.05, 3.63) is 46.7 Å². The van der Waals surface area contributed by atoms with Crippen LogP contribution in [0.1, 0.15) is 31.2 Å². The molecule has 0 spiro atoms. The number of benzene rings is 1. The van der Waals surface area contributed by atoms with E-state index in [0.717, 1.165) is 15.5 Å². The van der Waals surface area contributed by atoms with Crippen molar-refractivity contribution in [3.8, 4) is 0 Å². The number of thioether (sulfide) groups is 1. The van der Waals surface area contributed by atoms with Crippen LogP contribution in [0, 0.1) is 5.92 Å². The number of nitrogens with one attached hydrogen (secondary N) is 2. The normalized spacial score (nSPS) is 18.0. The molecule has 2 amide bonds. The van der Waals surface area contributed by atoms with Gasteiger partial charge in [0.1, 0.15) is 0 Å². The molecule has 0 bridgehead atoms. The van der Waals surface area contributed by atoms with Gasteiger partial charge in [0, 0.05) is 16.2 Å². The highest BCUT2D eigenvalue weighted by Gasteiger charge is 2.30. The Bertz CT molecular complexity index is 728. The van der Waals surface area contributed by atoms with Crippen molar-refractivity contribution in [2.75, 3.05) is 5.32 Å². The smallest absolute Gasteiger partial charge is 0.238 e. The van der Waals surface area contributed by atoms with E-state index in [0.29, 0.717) is 5.92 Å². The van der Waals surface area contributed by atoms with Crippen molar-refractivity contribution >= 4 is 40.6 Å². The average Bonchev–Trinajstić information content (AvgIpc) is 3.07. The summed E-state index contributed by atoms with van der Waals surface area (Å²) in [7, 11) is 0. The van der Waals surface area contributed by atoms with Gasteiger partial charge in [-0.3, -0.25) is 9.59 Å². The third-order valence-corrected chi connectivity index (χ3v) is 6.14. The lowest BCUT2D eigenvalue weighted by molar-refractivity contribution is -0.124. The second kappa shape index (κ2) is 7.40. The lowest BCUT2D eigenvalue weighted by Crippen LogP contribution is -2.37. The van der Waals surface area contributed by atoms with E-state index in [4.69, 9.17) is 0 Å². The summed E-state index contributed by atoms with van der Waals surface area (Å²) in [6, 6.07) is 11.7. The number of anilines is 1. The Balaban J connectivity index is 1.65. The van der Waals surface area contributed by atoms with E-state index in [1.165, 1.54) is 11.8 Å². The molecule has 0 unspecified atom stereocenters. The standard InChI is InChI=1S/C18H20N2O2S2/c1-11(2)17(14-8-5-9-23-14)20-16(21)10-15-18(22)19-12-6-3-4-7-13(12)24-15/h3-9,11,15,17H,10H2,1-2H3,(H,19,22)(H,20,21)/t15-,17-/m0/s1. The van der Waals surface area contributed by atoms with E-state index in [-0.39, 0.29) is 24.3 Å². The molecule has 0 aliphatic carbocycles. The molecule has 0 fully saturated rings. The number of hydrogen-bond acceptors (Lipinski definition) is 4. The van der Waals surface area contributed by atoms with E-state index in [9.17, 15) is 9.59 Å². The molecule has 1 aromatic carbocycles. The lowest BCUT2D eigenvalue weighted by Gasteiger charge is -2.25. The topological polar surface area (TPSA) is 58.2 Å². The first-order chi connectivity index (χ1) is 11.5. The van der Waals surface area contributed by atoms with Crippen molar-refractivity contribution in [3.63, 3.8) is 0 Å². The van der Waals surface area contributed by atoms with Crippen molar-refractivity contribution in [1.29, 1.82) is 0 Å². The summed E-state index contributed by atoms with van der Waals surface area (Å²) in [6.45, 7) is 4.17. The van der Waals surface area contributed by atoms with Gasteiger partial charge in [0.25, 0.3) is 0 Å². The quantitative estimate of drug-likeness (QED) is 0.845. The maximum atomic E-state index is 12.5. The zero-order valence-electron chi connectivity index (χ0n) is 13.6. The van der Waals surface area contributed by atoms with Crippen LogP contribution in [-0.4, -0.2) is 17.1 Å². The zero-order chi connectivity index (χ0) is 17.1. The number of para-hydroxylation sites is 1. The molecule has 2 N–H and O–H groups in total. The second-order valence-electron chi connectivity index (χ2n) is 6.10. The summed E-state index contributed by atoms with van der Waals surface area (Å²) < 4.78 is 0. The number of fused-ring (bicyclic) bond motifs is 1. The fraction of sp³-hybridized carbons (Fsp3) is 0.333. The Hall–Kier alpha value is -1.79. The van der Waals surface area contributed by atoms with E-state index in [2.05, 4.69) is 24.5 Å². The second-order valence-corrected chi connectivity index (χ2v) is 8.32. The largest absolute Gasteiger partial charge is 0.348 e. The van der Waals surface area contributed by atoms with Gasteiger partial charge in [-0.1, -0.05) is 32.0 Å². The SMILES string of the molecule is CC(C)[C@H](NC(=O)C[C@@H]1Sc2ccccc2NC1=O)c1cccs1. The predicted octanol–water partition coefficient (Wildman–Crippen LogP) is 4.06. The van der Waals surface area contributed by atoms with Gasteiger partial charge in [-0.15, -0.1) is 23.1 Å². The number of carbonyl (C=O) groups is 2. The first kappa shape index (κ1) is 17.0. The molecule has 0 saturated carbocycles. The van der Waals surface area contributed by atoms with E-state index in [1.807, 2.05) is 41.8 Å². The maximum Gasteiger partial charge on any atom is 0.238 e. The van der Waals surface area contributed by atoms with Gasteiger partial charge in [-0.25, -0.2) is 0 Å². The fourth-order valence-electron chi connectivity index (χ4n) is 2.66. The molecule has 4 nitrogen and oxygen atoms in total. The highest BCUT2D eigenvalue weighted by atomic mass is 32.2. The summed E-state index contributed by atoms with van der Waals surface area (Å²) in [4.78, 5) is 26.9. The van der Waals surface area contributed by atoms with Crippen molar-refractivity contribution in [1.82, 2.24) is 5.32 Å². The molecule has 1 aromatic heterocycles. The first-order valence-corrected chi connectivity index (χ1v) is 9.70. The molecular weight excluding hydrogens is 340 g/mol. The van der Waals surface area contributed by atoms with E-state index in [1.54, 1.807) is 11.3 Å². The van der Waals surface area contributed by atoms with Crippen LogP contribution < -0.4 is 10.6 Å². The fourth-order valence-corrected chi connectivity index (χ4v) is 4.72. The van der Waals surface area contributed by atoms with E-state index < -0.39 is 5.25 Å². The third kappa shape index (κ3) is 3.82. The Morgan fingerprint density at radius 1 is 1.25 bits per heavy atom. The monoisotopic (exact) mass is 360 g/mol. The average molecular weight is 361 g/mol. The van der Waals surface area contributed by atoms with Gasteiger partial charge in [-0.2, -0.15) is 0 Å². The number of carbonyl (C=O) groups excluding carboxylic acids is 2. The van der Waals surface area contributed by atoms with Gasteiger partial charge in [-0.05, 0) is 29.5 Å². The highest BCUT2D eigenvalue weighted by molar-refractivity contribution is 8.01. The van der Waals surface area contributed by atoms with Gasteiger partial charge in [0.05, 0.1) is 17.0 Å². The summed E-state index contributed by atoms with van der Waals surface area (Å²) >= 11 is 3.10. The van der Waals surface area contributed by atoms with Crippen molar-refractivity contribution in [2.24, 2.45) is 5.92 Å². The molecule has 2 aromatic rings.